The van der Waals surface area contributed by atoms with Crippen molar-refractivity contribution in [3.8, 4) is 0 Å². The van der Waals surface area contributed by atoms with Crippen molar-refractivity contribution in [2.24, 2.45) is 0 Å². The molecule has 96 valence electrons. The van der Waals surface area contributed by atoms with Crippen molar-refractivity contribution in [3.63, 3.8) is 0 Å². The Hall–Kier alpha value is -0.160. The maximum Gasteiger partial charge on any atom is 0.0697 e. The molecule has 0 saturated heterocycles. The van der Waals surface area contributed by atoms with E-state index in [2.05, 4.69) is 5.32 Å². The summed E-state index contributed by atoms with van der Waals surface area (Å²) in [7, 11) is 0. The molecule has 0 aromatic heterocycles. The molecule has 2 atom stereocenters. The zero-order valence-electron chi connectivity index (χ0n) is 10.0. The monoisotopic (exact) mass is 231 g/mol. The van der Waals surface area contributed by atoms with Gasteiger partial charge in [0.25, 0.3) is 0 Å². The lowest BCUT2D eigenvalue weighted by molar-refractivity contribution is 0.0867. The Morgan fingerprint density at radius 2 is 1.94 bits per heavy atom. The molecule has 0 bridgehead atoms. The number of ether oxygens (including phenoxy) is 1. The molecule has 1 aliphatic rings. The summed E-state index contributed by atoms with van der Waals surface area (Å²) in [5.41, 5.74) is 0. The second kappa shape index (κ2) is 8.93. The molecule has 1 rings (SSSR count). The van der Waals surface area contributed by atoms with Crippen LogP contribution < -0.4 is 5.32 Å². The van der Waals surface area contributed by atoms with Crippen molar-refractivity contribution in [1.82, 2.24) is 5.32 Å². The van der Waals surface area contributed by atoms with Crippen LogP contribution in [0.15, 0.2) is 0 Å². The van der Waals surface area contributed by atoms with E-state index in [4.69, 9.17) is 9.84 Å². The Labute approximate surface area is 98.0 Å². The lowest BCUT2D eigenvalue weighted by Gasteiger charge is -2.21. The minimum atomic E-state index is -0.180. The van der Waals surface area contributed by atoms with Crippen LogP contribution in [0.4, 0.5) is 0 Å². The fraction of sp³-hybridized carbons (Fsp3) is 1.00. The first kappa shape index (κ1) is 13.9. The molecule has 0 heterocycles. The van der Waals surface area contributed by atoms with Gasteiger partial charge in [0.05, 0.1) is 19.3 Å². The zero-order valence-corrected chi connectivity index (χ0v) is 10.0. The van der Waals surface area contributed by atoms with E-state index in [0.29, 0.717) is 13.2 Å². The second-order valence-electron chi connectivity index (χ2n) is 4.46. The first-order valence-electron chi connectivity index (χ1n) is 6.44. The van der Waals surface area contributed by atoms with Gasteiger partial charge in [0.15, 0.2) is 0 Å². The van der Waals surface area contributed by atoms with E-state index in [1.165, 1.54) is 12.8 Å². The molecule has 4 heteroatoms. The van der Waals surface area contributed by atoms with Gasteiger partial charge in [-0.2, -0.15) is 0 Å². The molecule has 1 aliphatic carbocycles. The number of nitrogens with one attached hydrogen (secondary N) is 1. The van der Waals surface area contributed by atoms with E-state index in [1.54, 1.807) is 0 Å². The van der Waals surface area contributed by atoms with Crippen LogP contribution >= 0.6 is 0 Å². The van der Waals surface area contributed by atoms with E-state index in [1.807, 2.05) is 0 Å². The summed E-state index contributed by atoms with van der Waals surface area (Å²) >= 11 is 0. The van der Waals surface area contributed by atoms with Crippen molar-refractivity contribution in [3.05, 3.63) is 0 Å². The topological polar surface area (TPSA) is 61.7 Å². The fourth-order valence-electron chi connectivity index (χ4n) is 2.15. The van der Waals surface area contributed by atoms with Crippen molar-refractivity contribution in [2.75, 3.05) is 26.4 Å². The molecule has 4 nitrogen and oxygen atoms in total. The smallest absolute Gasteiger partial charge is 0.0697 e. The van der Waals surface area contributed by atoms with Crippen molar-refractivity contribution >= 4 is 0 Å². The molecule has 0 aliphatic heterocycles. The van der Waals surface area contributed by atoms with Crippen LogP contribution in [-0.2, 0) is 4.74 Å². The number of hydrogen-bond acceptors (Lipinski definition) is 4. The summed E-state index contributed by atoms with van der Waals surface area (Å²) in [6.07, 6.45) is 6.38. The van der Waals surface area contributed by atoms with Gasteiger partial charge < -0.3 is 20.3 Å². The van der Waals surface area contributed by atoms with Crippen LogP contribution in [0, 0.1) is 0 Å². The fourth-order valence-corrected chi connectivity index (χ4v) is 2.15. The van der Waals surface area contributed by atoms with Crippen LogP contribution in [0.3, 0.4) is 0 Å². The normalized spacial score (nSPS) is 26.6. The quantitative estimate of drug-likeness (QED) is 0.445. The van der Waals surface area contributed by atoms with Crippen LogP contribution in [0.2, 0.25) is 0 Å². The molecule has 0 aromatic carbocycles. The van der Waals surface area contributed by atoms with Crippen LogP contribution in [-0.4, -0.2) is 48.7 Å². The molecule has 2 unspecified atom stereocenters. The molecule has 0 aromatic rings. The largest absolute Gasteiger partial charge is 0.394 e. The van der Waals surface area contributed by atoms with E-state index < -0.39 is 0 Å². The summed E-state index contributed by atoms with van der Waals surface area (Å²) < 4.78 is 5.17. The maximum absolute atomic E-state index is 9.86. The Morgan fingerprint density at radius 1 is 1.12 bits per heavy atom. The SMILES string of the molecule is OCCOCCCNC1CCCCCC1O. The van der Waals surface area contributed by atoms with E-state index in [0.717, 1.165) is 32.2 Å². The highest BCUT2D eigenvalue weighted by atomic mass is 16.5. The van der Waals surface area contributed by atoms with Gasteiger partial charge in [-0.15, -0.1) is 0 Å². The van der Waals surface area contributed by atoms with Gasteiger partial charge in [-0.3, -0.25) is 0 Å². The molecular weight excluding hydrogens is 206 g/mol. The molecular formula is C12H25NO3. The minimum absolute atomic E-state index is 0.0920. The van der Waals surface area contributed by atoms with Gasteiger partial charge in [-0.1, -0.05) is 19.3 Å². The summed E-state index contributed by atoms with van der Waals surface area (Å²) in [4.78, 5) is 0. The van der Waals surface area contributed by atoms with Gasteiger partial charge in [0.1, 0.15) is 0 Å². The third-order valence-corrected chi connectivity index (χ3v) is 3.09. The Kier molecular flexibility index (Phi) is 7.76. The standard InChI is InChI=1S/C12H25NO3/c14-8-10-16-9-4-7-13-11-5-2-1-3-6-12(11)15/h11-15H,1-10H2. The number of aliphatic hydroxyl groups is 2. The summed E-state index contributed by atoms with van der Waals surface area (Å²) in [6, 6.07) is 0.264. The Balaban J connectivity index is 2.01. The molecule has 0 spiro atoms. The molecule has 3 N–H and O–H groups in total. The van der Waals surface area contributed by atoms with E-state index in [-0.39, 0.29) is 18.8 Å². The molecule has 0 amide bonds. The first-order valence-corrected chi connectivity index (χ1v) is 6.44. The highest BCUT2D eigenvalue weighted by molar-refractivity contribution is 4.78. The molecule has 1 fully saturated rings. The highest BCUT2D eigenvalue weighted by Crippen LogP contribution is 2.17. The third-order valence-electron chi connectivity index (χ3n) is 3.09. The van der Waals surface area contributed by atoms with Crippen LogP contribution in [0.1, 0.15) is 38.5 Å². The zero-order chi connectivity index (χ0) is 11.6. The van der Waals surface area contributed by atoms with E-state index >= 15 is 0 Å². The molecule has 0 radical (unpaired) electrons. The lowest BCUT2D eigenvalue weighted by atomic mass is 10.1. The van der Waals surface area contributed by atoms with Gasteiger partial charge in [0, 0.05) is 12.6 Å². The van der Waals surface area contributed by atoms with Gasteiger partial charge in [-0.25, -0.2) is 0 Å². The van der Waals surface area contributed by atoms with Crippen molar-refractivity contribution in [2.45, 2.75) is 50.7 Å². The molecule has 16 heavy (non-hydrogen) atoms. The number of hydrogen-bond donors (Lipinski definition) is 3. The highest BCUT2D eigenvalue weighted by Gasteiger charge is 2.20. The Morgan fingerprint density at radius 3 is 2.75 bits per heavy atom. The summed E-state index contributed by atoms with van der Waals surface area (Å²) in [5, 5.41) is 21.8. The predicted octanol–water partition coefficient (Wildman–Crippen LogP) is 0.669. The van der Waals surface area contributed by atoms with Crippen LogP contribution in [0.25, 0.3) is 0 Å². The van der Waals surface area contributed by atoms with Gasteiger partial charge >= 0.3 is 0 Å². The summed E-state index contributed by atoms with van der Waals surface area (Å²) in [6.45, 7) is 2.07. The maximum atomic E-state index is 9.86. The average molecular weight is 231 g/mol. The minimum Gasteiger partial charge on any atom is -0.394 e. The average Bonchev–Trinajstić information content (AvgIpc) is 2.49. The second-order valence-corrected chi connectivity index (χ2v) is 4.46. The Bertz CT molecular complexity index is 166. The number of aliphatic hydroxyl groups excluding tert-OH is 2. The van der Waals surface area contributed by atoms with Gasteiger partial charge in [-0.05, 0) is 25.8 Å². The van der Waals surface area contributed by atoms with Crippen LogP contribution in [0.5, 0.6) is 0 Å². The lowest BCUT2D eigenvalue weighted by Crippen LogP contribution is -2.39. The third kappa shape index (κ3) is 5.80. The predicted molar refractivity (Wildman–Crippen MR) is 63.4 cm³/mol. The number of rotatable bonds is 7. The van der Waals surface area contributed by atoms with Crippen molar-refractivity contribution < 1.29 is 14.9 Å². The first-order chi connectivity index (χ1) is 7.84. The van der Waals surface area contributed by atoms with E-state index in [9.17, 15) is 5.11 Å². The molecule has 1 saturated carbocycles. The van der Waals surface area contributed by atoms with Crippen molar-refractivity contribution in [1.29, 1.82) is 0 Å². The van der Waals surface area contributed by atoms with Gasteiger partial charge in [0.2, 0.25) is 0 Å². The summed E-state index contributed by atoms with van der Waals surface area (Å²) in [5.74, 6) is 0.